The molecule has 2 heterocycles. The van der Waals surface area contributed by atoms with Crippen LogP contribution < -0.4 is 10.0 Å². The second-order valence-electron chi connectivity index (χ2n) is 7.37. The molecule has 1 amide bonds. The van der Waals surface area contributed by atoms with Crippen LogP contribution in [0, 0.1) is 5.82 Å². The number of ether oxygens (including phenoxy) is 1. The fourth-order valence-electron chi connectivity index (χ4n) is 3.51. The van der Waals surface area contributed by atoms with E-state index in [0.717, 1.165) is 6.07 Å². The van der Waals surface area contributed by atoms with Gasteiger partial charge in [0.15, 0.2) is 0 Å². The minimum absolute atomic E-state index is 0.109. The number of pyridine rings is 1. The zero-order valence-corrected chi connectivity index (χ0v) is 17.7. The number of sulfonamides is 1. The number of hydrogen-bond donors (Lipinski definition) is 3. The van der Waals surface area contributed by atoms with Crippen LogP contribution in [-0.2, 0) is 26.0 Å². The summed E-state index contributed by atoms with van der Waals surface area (Å²) in [4.78, 5) is 16.3. The second kappa shape index (κ2) is 10.8. The van der Waals surface area contributed by atoms with Gasteiger partial charge in [0, 0.05) is 18.4 Å². The van der Waals surface area contributed by atoms with Crippen molar-refractivity contribution >= 4 is 15.9 Å². The van der Waals surface area contributed by atoms with Gasteiger partial charge >= 0.3 is 0 Å². The number of benzene rings is 1. The quantitative estimate of drug-likeness (QED) is 0.527. The van der Waals surface area contributed by atoms with Crippen molar-refractivity contribution in [2.45, 2.75) is 48.8 Å². The van der Waals surface area contributed by atoms with E-state index in [2.05, 4.69) is 15.0 Å². The summed E-state index contributed by atoms with van der Waals surface area (Å²) in [5.74, 6) is -0.826. The highest BCUT2D eigenvalue weighted by molar-refractivity contribution is 7.89. The number of carbonyl (C=O) groups excluding carboxylic acids is 1. The van der Waals surface area contributed by atoms with Gasteiger partial charge in [0.25, 0.3) is 0 Å². The molecule has 1 aromatic carbocycles. The summed E-state index contributed by atoms with van der Waals surface area (Å²) in [5, 5.41) is 12.6. The Morgan fingerprint density at radius 1 is 1.23 bits per heavy atom. The van der Waals surface area contributed by atoms with Crippen LogP contribution in [0.25, 0.3) is 0 Å². The van der Waals surface area contributed by atoms with Crippen LogP contribution in [0.2, 0.25) is 0 Å². The Morgan fingerprint density at radius 2 is 2.06 bits per heavy atom. The highest BCUT2D eigenvalue weighted by Gasteiger charge is 2.32. The summed E-state index contributed by atoms with van der Waals surface area (Å²) >= 11 is 0. The number of nitrogens with zero attached hydrogens (tertiary/aromatic N) is 1. The van der Waals surface area contributed by atoms with E-state index in [1.165, 1.54) is 18.2 Å². The number of rotatable bonds is 9. The summed E-state index contributed by atoms with van der Waals surface area (Å²) in [5.41, 5.74) is 0.653. The van der Waals surface area contributed by atoms with Crippen molar-refractivity contribution in [2.24, 2.45) is 0 Å². The fourth-order valence-corrected chi connectivity index (χ4v) is 4.58. The number of aliphatic hydroxyl groups excluding tert-OH is 1. The maximum Gasteiger partial charge on any atom is 0.240 e. The minimum Gasteiger partial charge on any atom is -0.394 e. The average Bonchev–Trinajstić information content (AvgIpc) is 2.75. The topological polar surface area (TPSA) is 118 Å². The molecule has 3 N–H and O–H groups in total. The molecule has 3 atom stereocenters. The van der Waals surface area contributed by atoms with Gasteiger partial charge in [-0.05, 0) is 49.6 Å². The van der Waals surface area contributed by atoms with Gasteiger partial charge in [-0.1, -0.05) is 12.1 Å². The van der Waals surface area contributed by atoms with Crippen LogP contribution in [0.4, 0.5) is 4.39 Å². The maximum atomic E-state index is 13.3. The summed E-state index contributed by atoms with van der Waals surface area (Å²) in [7, 11) is -3.82. The Labute approximate surface area is 180 Å². The van der Waals surface area contributed by atoms with Crippen molar-refractivity contribution < 1.29 is 27.4 Å². The van der Waals surface area contributed by atoms with E-state index in [4.69, 9.17) is 4.74 Å². The number of hydrogen-bond acceptors (Lipinski definition) is 6. The van der Waals surface area contributed by atoms with Gasteiger partial charge in [0.05, 0.1) is 30.1 Å². The van der Waals surface area contributed by atoms with Crippen molar-refractivity contribution in [2.75, 3.05) is 13.2 Å². The van der Waals surface area contributed by atoms with Crippen LogP contribution in [-0.4, -0.2) is 55.8 Å². The molecule has 0 radical (unpaired) electrons. The molecule has 8 nitrogen and oxygen atoms in total. The first kappa shape index (κ1) is 23.3. The Bertz CT molecular complexity index is 974. The lowest BCUT2D eigenvalue weighted by atomic mass is 9.97. The summed E-state index contributed by atoms with van der Waals surface area (Å²) < 4.78 is 46.1. The van der Waals surface area contributed by atoms with Crippen LogP contribution in [0.5, 0.6) is 0 Å². The number of nitrogens with one attached hydrogen (secondary N) is 2. The molecule has 1 aliphatic rings. The van der Waals surface area contributed by atoms with Crippen LogP contribution in [0.1, 0.15) is 25.0 Å². The van der Waals surface area contributed by atoms with Gasteiger partial charge in [-0.2, -0.15) is 0 Å². The molecule has 1 aromatic heterocycles. The third kappa shape index (κ3) is 6.79. The van der Waals surface area contributed by atoms with Gasteiger partial charge in [-0.25, -0.2) is 17.5 Å². The minimum atomic E-state index is -3.82. The van der Waals surface area contributed by atoms with Gasteiger partial charge < -0.3 is 15.2 Å². The van der Waals surface area contributed by atoms with Gasteiger partial charge in [-0.3, -0.25) is 9.78 Å². The molecule has 1 fully saturated rings. The van der Waals surface area contributed by atoms with Gasteiger partial charge in [0.2, 0.25) is 15.9 Å². The number of aromatic nitrogens is 1. The normalized spacial score (nSPS) is 21.5. The standard InChI is InChI=1S/C21H26FN3O5S/c22-15-4-3-6-18(12-15)31(28,29)24-11-9-17-7-8-19(20(14-26)30-17)25-21(27)13-16-5-1-2-10-23-16/h1-6,10,12,17,19-20,24,26H,7-9,11,13-14H2,(H,25,27)/t17-,19-,20+/m0/s1. The first-order valence-electron chi connectivity index (χ1n) is 10.1. The molecule has 0 aliphatic carbocycles. The Morgan fingerprint density at radius 3 is 2.77 bits per heavy atom. The SMILES string of the molecule is O=C(Cc1ccccn1)N[C@H]1CC[C@@H](CCNS(=O)(=O)c2cccc(F)c2)O[C@@H]1CO. The van der Waals surface area contributed by atoms with Crippen molar-refractivity contribution in [1.82, 2.24) is 15.0 Å². The van der Waals surface area contributed by atoms with E-state index < -0.39 is 21.9 Å². The van der Waals surface area contributed by atoms with E-state index in [0.29, 0.717) is 25.0 Å². The third-order valence-electron chi connectivity index (χ3n) is 5.07. The molecule has 168 valence electrons. The molecule has 0 unspecified atom stereocenters. The van der Waals surface area contributed by atoms with Crippen LogP contribution in [0.3, 0.4) is 0 Å². The molecule has 0 bridgehead atoms. The van der Waals surface area contributed by atoms with Gasteiger partial charge in [-0.15, -0.1) is 0 Å². The maximum absolute atomic E-state index is 13.3. The van der Waals surface area contributed by atoms with E-state index in [-0.39, 0.29) is 42.5 Å². The molecule has 0 saturated carbocycles. The molecular weight excluding hydrogens is 425 g/mol. The van der Waals surface area contributed by atoms with Crippen molar-refractivity contribution in [1.29, 1.82) is 0 Å². The average molecular weight is 452 g/mol. The van der Waals surface area contributed by atoms with Crippen LogP contribution in [0.15, 0.2) is 53.6 Å². The van der Waals surface area contributed by atoms with Crippen molar-refractivity contribution in [3.63, 3.8) is 0 Å². The first-order valence-corrected chi connectivity index (χ1v) is 11.6. The molecular formula is C21H26FN3O5S. The first-order chi connectivity index (χ1) is 14.9. The number of halogens is 1. The summed E-state index contributed by atoms with van der Waals surface area (Å²) in [6, 6.07) is 9.81. The Kier molecular flexibility index (Phi) is 8.08. The lowest BCUT2D eigenvalue weighted by Crippen LogP contribution is -2.51. The van der Waals surface area contributed by atoms with E-state index >= 15 is 0 Å². The smallest absolute Gasteiger partial charge is 0.240 e. The highest BCUT2D eigenvalue weighted by Crippen LogP contribution is 2.22. The second-order valence-corrected chi connectivity index (χ2v) is 9.14. The molecule has 1 aliphatic heterocycles. The number of aliphatic hydroxyl groups is 1. The van der Waals surface area contributed by atoms with E-state index in [9.17, 15) is 22.7 Å². The predicted octanol–water partition coefficient (Wildman–Crippen LogP) is 1.16. The van der Waals surface area contributed by atoms with Crippen molar-refractivity contribution in [3.05, 3.63) is 60.2 Å². The third-order valence-corrected chi connectivity index (χ3v) is 6.53. The van der Waals surface area contributed by atoms with Gasteiger partial charge in [0.1, 0.15) is 11.9 Å². The zero-order chi connectivity index (χ0) is 22.3. The molecule has 2 aromatic rings. The van der Waals surface area contributed by atoms with Crippen molar-refractivity contribution in [3.8, 4) is 0 Å². The largest absolute Gasteiger partial charge is 0.394 e. The molecule has 3 rings (SSSR count). The number of amides is 1. The monoisotopic (exact) mass is 451 g/mol. The van der Waals surface area contributed by atoms with E-state index in [1.807, 2.05) is 6.07 Å². The number of carbonyl (C=O) groups is 1. The molecule has 1 saturated heterocycles. The predicted molar refractivity (Wildman–Crippen MR) is 111 cm³/mol. The molecule has 0 spiro atoms. The zero-order valence-electron chi connectivity index (χ0n) is 16.9. The summed E-state index contributed by atoms with van der Waals surface area (Å²) in [6.45, 7) is -0.154. The summed E-state index contributed by atoms with van der Waals surface area (Å²) in [6.07, 6.45) is 2.51. The highest BCUT2D eigenvalue weighted by atomic mass is 32.2. The Balaban J connectivity index is 1.46. The lowest BCUT2D eigenvalue weighted by molar-refractivity contribution is -0.127. The Hall–Kier alpha value is -2.40. The molecule has 10 heteroatoms. The fraction of sp³-hybridized carbons (Fsp3) is 0.429. The lowest BCUT2D eigenvalue weighted by Gasteiger charge is -2.36. The van der Waals surface area contributed by atoms with E-state index in [1.54, 1.807) is 18.3 Å². The molecule has 31 heavy (non-hydrogen) atoms. The van der Waals surface area contributed by atoms with Crippen LogP contribution >= 0.6 is 0 Å².